The highest BCUT2D eigenvalue weighted by atomic mass is 16.2. The number of carbonyl (C=O) groups excluding carboxylic acids is 1. The zero-order valence-corrected chi connectivity index (χ0v) is 14.5. The third kappa shape index (κ3) is 3.67. The topological polar surface area (TPSA) is 109 Å². The minimum Gasteiger partial charge on any atom is -0.338 e. The van der Waals surface area contributed by atoms with Gasteiger partial charge in [0.25, 0.3) is 0 Å². The quantitative estimate of drug-likeness (QED) is 0.578. The molecule has 3 aromatic rings. The van der Waals surface area contributed by atoms with Crippen LogP contribution in [0.5, 0.6) is 0 Å². The van der Waals surface area contributed by atoms with Crippen molar-refractivity contribution in [1.82, 2.24) is 20.5 Å². The summed E-state index contributed by atoms with van der Waals surface area (Å²) in [5.74, 6) is 0. The van der Waals surface area contributed by atoms with Crippen molar-refractivity contribution in [1.29, 1.82) is 0 Å². The number of rotatable bonds is 4. The van der Waals surface area contributed by atoms with Gasteiger partial charge in [-0.2, -0.15) is 5.10 Å². The van der Waals surface area contributed by atoms with Crippen molar-refractivity contribution < 1.29 is 4.79 Å². The van der Waals surface area contributed by atoms with Gasteiger partial charge in [-0.1, -0.05) is 12.1 Å². The van der Waals surface area contributed by atoms with Crippen molar-refractivity contribution in [3.63, 3.8) is 0 Å². The molecule has 0 spiro atoms. The number of benzene rings is 1. The maximum absolute atomic E-state index is 12.1. The Morgan fingerprint density at radius 2 is 2.23 bits per heavy atom. The van der Waals surface area contributed by atoms with E-state index < -0.39 is 0 Å². The summed E-state index contributed by atoms with van der Waals surface area (Å²) in [5, 5.41) is 13.8. The molecule has 2 heterocycles. The Morgan fingerprint density at radius 3 is 3.15 bits per heavy atom. The van der Waals surface area contributed by atoms with E-state index in [2.05, 4.69) is 31.9 Å². The van der Waals surface area contributed by atoms with Crippen molar-refractivity contribution in [2.24, 2.45) is 5.73 Å². The van der Waals surface area contributed by atoms with Gasteiger partial charge >= 0.3 is 6.03 Å². The minimum atomic E-state index is -0.227. The normalized spacial score (nSPS) is 16.3. The number of hydrogen-bond donors (Lipinski definition) is 4. The maximum Gasteiger partial charge on any atom is 0.319 e. The number of anilines is 1. The van der Waals surface area contributed by atoms with Crippen molar-refractivity contribution in [2.75, 3.05) is 11.9 Å². The number of nitrogens with zero attached hydrogens (tertiary/aromatic N) is 2. The number of aryl methyl sites for hydroxylation is 1. The fraction of sp³-hybridized carbons (Fsp3) is 0.316. The van der Waals surface area contributed by atoms with Crippen LogP contribution in [0, 0.1) is 0 Å². The number of nitrogens with one attached hydrogen (secondary N) is 3. The number of nitrogens with two attached hydrogens (primary N) is 1. The second-order valence-electron chi connectivity index (χ2n) is 6.76. The predicted octanol–water partition coefficient (Wildman–Crippen LogP) is 2.14. The minimum absolute atomic E-state index is 0.181. The van der Waals surface area contributed by atoms with Gasteiger partial charge in [0.15, 0.2) is 0 Å². The van der Waals surface area contributed by atoms with Crippen LogP contribution in [0.4, 0.5) is 10.5 Å². The fourth-order valence-electron chi connectivity index (χ4n) is 3.35. The number of aromatic amines is 1. The lowest BCUT2D eigenvalue weighted by Crippen LogP contribution is -2.31. The summed E-state index contributed by atoms with van der Waals surface area (Å²) in [6.45, 7) is 0.550. The monoisotopic (exact) mass is 350 g/mol. The molecule has 0 saturated carbocycles. The Bertz CT molecular complexity index is 935. The van der Waals surface area contributed by atoms with E-state index in [9.17, 15) is 4.79 Å². The van der Waals surface area contributed by atoms with Crippen LogP contribution in [0.15, 0.2) is 36.7 Å². The first-order valence-electron chi connectivity index (χ1n) is 8.87. The van der Waals surface area contributed by atoms with Gasteiger partial charge in [-0.3, -0.25) is 10.1 Å². The van der Waals surface area contributed by atoms with Crippen LogP contribution in [-0.2, 0) is 19.3 Å². The Kier molecular flexibility index (Phi) is 4.53. The molecule has 1 unspecified atom stereocenters. The van der Waals surface area contributed by atoms with Crippen LogP contribution in [0.25, 0.3) is 10.9 Å². The number of hydrogen-bond acceptors (Lipinski definition) is 4. The highest BCUT2D eigenvalue weighted by Crippen LogP contribution is 2.21. The number of fused-ring (bicyclic) bond motifs is 2. The van der Waals surface area contributed by atoms with E-state index in [1.165, 1.54) is 0 Å². The molecule has 1 atom stereocenters. The lowest BCUT2D eigenvalue weighted by molar-refractivity contribution is 0.252. The molecule has 0 bridgehead atoms. The highest BCUT2D eigenvalue weighted by Gasteiger charge is 2.17. The number of aromatic nitrogens is 3. The van der Waals surface area contributed by atoms with Gasteiger partial charge in [0.05, 0.1) is 23.6 Å². The Labute approximate surface area is 151 Å². The zero-order chi connectivity index (χ0) is 17.9. The van der Waals surface area contributed by atoms with Crippen LogP contribution < -0.4 is 16.4 Å². The molecule has 0 radical (unpaired) electrons. The van der Waals surface area contributed by atoms with Crippen LogP contribution in [0.3, 0.4) is 0 Å². The van der Waals surface area contributed by atoms with E-state index in [0.29, 0.717) is 12.2 Å². The van der Waals surface area contributed by atoms with Gasteiger partial charge < -0.3 is 16.4 Å². The van der Waals surface area contributed by atoms with Crippen molar-refractivity contribution in [3.05, 3.63) is 53.5 Å². The average Bonchev–Trinajstić information content (AvgIpc) is 3.09. The number of amides is 2. The van der Waals surface area contributed by atoms with E-state index in [4.69, 9.17) is 5.73 Å². The van der Waals surface area contributed by atoms with Crippen molar-refractivity contribution in [2.45, 2.75) is 31.7 Å². The second kappa shape index (κ2) is 7.13. The highest BCUT2D eigenvalue weighted by molar-refractivity contribution is 5.89. The molecule has 26 heavy (non-hydrogen) atoms. The lowest BCUT2D eigenvalue weighted by Gasteiger charge is -2.21. The number of carbonyl (C=O) groups is 1. The molecule has 1 aliphatic carbocycles. The summed E-state index contributed by atoms with van der Waals surface area (Å²) in [4.78, 5) is 16.6. The Balaban J connectivity index is 1.30. The molecule has 0 aliphatic heterocycles. The number of urea groups is 1. The van der Waals surface area contributed by atoms with Gasteiger partial charge in [-0.15, -0.1) is 0 Å². The molecule has 0 saturated heterocycles. The fourth-order valence-corrected chi connectivity index (χ4v) is 3.35. The molecule has 2 amide bonds. The number of pyridine rings is 1. The molecule has 134 valence electrons. The van der Waals surface area contributed by atoms with Gasteiger partial charge in [0.1, 0.15) is 0 Å². The van der Waals surface area contributed by atoms with Crippen molar-refractivity contribution >= 4 is 22.6 Å². The van der Waals surface area contributed by atoms with Crippen LogP contribution in [0.1, 0.15) is 23.2 Å². The standard InChI is InChI=1S/C19H22N6O/c20-15-3-4-17-14(8-15)9-16(11-22-17)24-19(26)21-6-5-12-1-2-13-10-23-25-18(13)7-12/h1-2,7,9-11,15H,3-6,8,20H2,(H,23,25)(H2,21,24,26). The van der Waals surface area contributed by atoms with E-state index in [0.717, 1.165) is 53.4 Å². The zero-order valence-electron chi connectivity index (χ0n) is 14.5. The van der Waals surface area contributed by atoms with E-state index in [-0.39, 0.29) is 12.1 Å². The third-order valence-corrected chi connectivity index (χ3v) is 4.76. The summed E-state index contributed by atoms with van der Waals surface area (Å²) in [7, 11) is 0. The Morgan fingerprint density at radius 1 is 1.31 bits per heavy atom. The average molecular weight is 350 g/mol. The smallest absolute Gasteiger partial charge is 0.319 e. The first-order chi connectivity index (χ1) is 12.7. The molecular weight excluding hydrogens is 328 g/mol. The molecule has 5 N–H and O–H groups in total. The van der Waals surface area contributed by atoms with Crippen molar-refractivity contribution in [3.8, 4) is 0 Å². The molecule has 7 heteroatoms. The summed E-state index contributed by atoms with van der Waals surface area (Å²) in [6.07, 6.45) is 6.95. The molecule has 2 aromatic heterocycles. The van der Waals surface area contributed by atoms with Crippen LogP contribution >= 0.6 is 0 Å². The van der Waals surface area contributed by atoms with Crippen LogP contribution in [0.2, 0.25) is 0 Å². The Hall–Kier alpha value is -2.93. The lowest BCUT2D eigenvalue weighted by atomic mass is 9.92. The number of H-pyrrole nitrogens is 1. The predicted molar refractivity (Wildman–Crippen MR) is 101 cm³/mol. The molecular formula is C19H22N6O. The van der Waals surface area contributed by atoms with E-state index >= 15 is 0 Å². The molecule has 7 nitrogen and oxygen atoms in total. The summed E-state index contributed by atoms with van der Waals surface area (Å²) < 4.78 is 0. The third-order valence-electron chi connectivity index (χ3n) is 4.76. The van der Waals surface area contributed by atoms with Gasteiger partial charge in [0, 0.05) is 23.7 Å². The first-order valence-corrected chi connectivity index (χ1v) is 8.87. The van der Waals surface area contributed by atoms with E-state index in [1.54, 1.807) is 12.4 Å². The summed E-state index contributed by atoms with van der Waals surface area (Å²) in [5.41, 5.74) is 11.1. The second-order valence-corrected chi connectivity index (χ2v) is 6.76. The maximum atomic E-state index is 12.1. The molecule has 0 fully saturated rings. The molecule has 1 aliphatic rings. The SMILES string of the molecule is NC1CCc2ncc(NC(=O)NCCc3ccc4cn[nH]c4c3)cc2C1. The summed E-state index contributed by atoms with van der Waals surface area (Å²) in [6, 6.07) is 8.06. The first kappa shape index (κ1) is 16.5. The molecule has 4 rings (SSSR count). The van der Waals surface area contributed by atoms with Gasteiger partial charge in [0.2, 0.25) is 0 Å². The van der Waals surface area contributed by atoms with Gasteiger partial charge in [-0.25, -0.2) is 4.79 Å². The van der Waals surface area contributed by atoms with Crippen LogP contribution in [-0.4, -0.2) is 33.8 Å². The van der Waals surface area contributed by atoms with Gasteiger partial charge in [-0.05, 0) is 48.9 Å². The molecule has 1 aromatic carbocycles. The van der Waals surface area contributed by atoms with E-state index in [1.807, 2.05) is 18.2 Å². The summed E-state index contributed by atoms with van der Waals surface area (Å²) >= 11 is 0. The largest absolute Gasteiger partial charge is 0.338 e.